The molecule has 74 valence electrons. The molecule has 0 bridgehead atoms. The molecule has 0 fully saturated rings. The molecule has 0 aliphatic rings. The summed E-state index contributed by atoms with van der Waals surface area (Å²) in [5, 5.41) is 10.2. The van der Waals surface area contributed by atoms with Crippen molar-refractivity contribution in [2.24, 2.45) is 5.92 Å². The van der Waals surface area contributed by atoms with E-state index in [2.05, 4.69) is 22.9 Å². The van der Waals surface area contributed by atoms with Crippen LogP contribution in [0.4, 0.5) is 0 Å². The minimum atomic E-state index is -0.892. The first-order valence-electron chi connectivity index (χ1n) is 4.46. The molecule has 1 heterocycles. The second-order valence-corrected chi connectivity index (χ2v) is 4.41. The summed E-state index contributed by atoms with van der Waals surface area (Å²) < 4.78 is 6.09. The predicted octanol–water partition coefficient (Wildman–Crippen LogP) is 3.30. The van der Waals surface area contributed by atoms with Crippen molar-refractivity contribution in [3.63, 3.8) is 0 Å². The van der Waals surface area contributed by atoms with Gasteiger partial charge >= 0.3 is 0 Å². The van der Waals surface area contributed by atoms with Gasteiger partial charge in [-0.05, 0) is 34.8 Å². The van der Waals surface area contributed by atoms with Gasteiger partial charge in [-0.1, -0.05) is 20.3 Å². The first kappa shape index (κ1) is 10.8. The number of hydrogen-bond donors (Lipinski definition) is 1. The molecule has 2 atom stereocenters. The van der Waals surface area contributed by atoms with Crippen molar-refractivity contribution in [1.82, 2.24) is 0 Å². The summed E-state index contributed by atoms with van der Waals surface area (Å²) in [7, 11) is 0. The molecule has 0 aliphatic heterocycles. The first-order valence-corrected chi connectivity index (χ1v) is 5.25. The zero-order valence-corrected chi connectivity index (χ0v) is 9.76. The summed E-state index contributed by atoms with van der Waals surface area (Å²) >= 11 is 3.35. The van der Waals surface area contributed by atoms with Gasteiger partial charge in [-0.15, -0.1) is 0 Å². The Hall–Kier alpha value is -0.280. The molecule has 0 spiro atoms. The van der Waals surface area contributed by atoms with Crippen LogP contribution in [0.1, 0.15) is 33.0 Å². The second-order valence-electron chi connectivity index (χ2n) is 3.55. The largest absolute Gasteiger partial charge is 0.465 e. The highest BCUT2D eigenvalue weighted by Crippen LogP contribution is 2.36. The average molecular weight is 247 g/mol. The Kier molecular flexibility index (Phi) is 3.19. The van der Waals surface area contributed by atoms with Crippen molar-refractivity contribution in [2.45, 2.75) is 32.8 Å². The third-order valence-electron chi connectivity index (χ3n) is 2.65. The van der Waals surface area contributed by atoms with Gasteiger partial charge in [0.2, 0.25) is 0 Å². The van der Waals surface area contributed by atoms with Gasteiger partial charge in [0.05, 0.1) is 10.7 Å². The lowest BCUT2D eigenvalue weighted by molar-refractivity contribution is -0.0202. The molecular weight excluding hydrogens is 232 g/mol. The monoisotopic (exact) mass is 246 g/mol. The fraction of sp³-hybridized carbons (Fsp3) is 0.600. The van der Waals surface area contributed by atoms with E-state index >= 15 is 0 Å². The molecule has 13 heavy (non-hydrogen) atoms. The second kappa shape index (κ2) is 3.84. The summed E-state index contributed by atoms with van der Waals surface area (Å²) in [6.45, 7) is 5.84. The Bertz CT molecular complexity index is 278. The van der Waals surface area contributed by atoms with Crippen LogP contribution in [0.5, 0.6) is 0 Å². The molecule has 2 unspecified atom stereocenters. The van der Waals surface area contributed by atoms with Gasteiger partial charge in [0.1, 0.15) is 11.4 Å². The highest BCUT2D eigenvalue weighted by atomic mass is 79.9. The minimum Gasteiger partial charge on any atom is -0.465 e. The van der Waals surface area contributed by atoms with Gasteiger partial charge in [-0.3, -0.25) is 0 Å². The summed E-state index contributed by atoms with van der Waals surface area (Å²) in [6, 6.07) is 1.80. The Labute approximate surface area is 87.1 Å². The molecule has 2 nitrogen and oxygen atoms in total. The van der Waals surface area contributed by atoms with Crippen molar-refractivity contribution >= 4 is 15.9 Å². The topological polar surface area (TPSA) is 33.4 Å². The molecule has 1 aromatic rings. The molecular formula is C10H15BrO2. The molecule has 0 aliphatic carbocycles. The quantitative estimate of drug-likeness (QED) is 0.888. The van der Waals surface area contributed by atoms with E-state index in [1.165, 1.54) is 0 Å². The number of halogens is 1. The van der Waals surface area contributed by atoms with Crippen LogP contribution in [0, 0.1) is 5.92 Å². The van der Waals surface area contributed by atoms with E-state index < -0.39 is 5.60 Å². The van der Waals surface area contributed by atoms with Crippen molar-refractivity contribution in [2.75, 3.05) is 0 Å². The number of rotatable bonds is 3. The normalized spacial score (nSPS) is 18.2. The predicted molar refractivity (Wildman–Crippen MR) is 55.4 cm³/mol. The van der Waals surface area contributed by atoms with Gasteiger partial charge in [0.25, 0.3) is 0 Å². The van der Waals surface area contributed by atoms with Crippen LogP contribution in [0.25, 0.3) is 0 Å². The van der Waals surface area contributed by atoms with E-state index in [4.69, 9.17) is 4.42 Å². The van der Waals surface area contributed by atoms with Crippen molar-refractivity contribution in [1.29, 1.82) is 0 Å². The Morgan fingerprint density at radius 3 is 2.69 bits per heavy atom. The molecule has 1 rings (SSSR count). The maximum atomic E-state index is 10.2. The summed E-state index contributed by atoms with van der Waals surface area (Å²) in [5.41, 5.74) is -0.892. The van der Waals surface area contributed by atoms with Gasteiger partial charge < -0.3 is 9.52 Å². The Morgan fingerprint density at radius 2 is 2.31 bits per heavy atom. The van der Waals surface area contributed by atoms with Crippen LogP contribution >= 0.6 is 15.9 Å². The van der Waals surface area contributed by atoms with Crippen molar-refractivity contribution in [3.05, 3.63) is 22.6 Å². The molecule has 3 heteroatoms. The summed E-state index contributed by atoms with van der Waals surface area (Å²) in [5.74, 6) is 0.789. The van der Waals surface area contributed by atoms with Crippen LogP contribution in [0.15, 0.2) is 21.2 Å². The Balaban J connectivity index is 2.99. The van der Waals surface area contributed by atoms with Gasteiger partial charge in [0.15, 0.2) is 0 Å². The van der Waals surface area contributed by atoms with E-state index in [0.29, 0.717) is 5.76 Å². The zero-order chi connectivity index (χ0) is 10.1. The van der Waals surface area contributed by atoms with E-state index in [0.717, 1.165) is 10.9 Å². The third kappa shape index (κ3) is 1.97. The van der Waals surface area contributed by atoms with Crippen LogP contribution in [0.3, 0.4) is 0 Å². The van der Waals surface area contributed by atoms with E-state index in [1.807, 2.05) is 6.92 Å². The highest BCUT2D eigenvalue weighted by molar-refractivity contribution is 9.10. The smallest absolute Gasteiger partial charge is 0.149 e. The lowest BCUT2D eigenvalue weighted by Gasteiger charge is -2.27. The van der Waals surface area contributed by atoms with E-state index in [1.54, 1.807) is 19.3 Å². The molecule has 0 saturated carbocycles. The third-order valence-corrected chi connectivity index (χ3v) is 3.27. The zero-order valence-electron chi connectivity index (χ0n) is 8.17. The summed E-state index contributed by atoms with van der Waals surface area (Å²) in [6.07, 6.45) is 2.50. The highest BCUT2D eigenvalue weighted by Gasteiger charge is 2.33. The molecule has 0 saturated heterocycles. The average Bonchev–Trinajstić information content (AvgIpc) is 2.50. The molecule has 0 amide bonds. The maximum Gasteiger partial charge on any atom is 0.149 e. The van der Waals surface area contributed by atoms with Crippen molar-refractivity contribution < 1.29 is 9.52 Å². The molecule has 0 aromatic carbocycles. The van der Waals surface area contributed by atoms with Crippen LogP contribution < -0.4 is 0 Å². The van der Waals surface area contributed by atoms with Crippen molar-refractivity contribution in [3.8, 4) is 0 Å². The molecule has 0 radical (unpaired) electrons. The molecule has 1 N–H and O–H groups in total. The van der Waals surface area contributed by atoms with Crippen LogP contribution in [-0.2, 0) is 5.60 Å². The maximum absolute atomic E-state index is 10.2. The standard InChI is InChI=1S/C10H15BrO2/c1-4-7(2)10(3,12)9-8(11)5-6-13-9/h5-7,12H,4H2,1-3H3. The van der Waals surface area contributed by atoms with E-state index in [-0.39, 0.29) is 5.92 Å². The SMILES string of the molecule is CCC(C)C(C)(O)c1occc1Br. The van der Waals surface area contributed by atoms with Crippen LogP contribution in [-0.4, -0.2) is 5.11 Å². The minimum absolute atomic E-state index is 0.176. The van der Waals surface area contributed by atoms with Crippen LogP contribution in [0.2, 0.25) is 0 Å². The lowest BCUT2D eigenvalue weighted by Crippen LogP contribution is -2.29. The van der Waals surface area contributed by atoms with Gasteiger partial charge in [-0.25, -0.2) is 0 Å². The lowest BCUT2D eigenvalue weighted by atomic mass is 9.87. The molecule has 1 aromatic heterocycles. The number of aliphatic hydroxyl groups is 1. The summed E-state index contributed by atoms with van der Waals surface area (Å²) in [4.78, 5) is 0. The van der Waals surface area contributed by atoms with Gasteiger partial charge in [-0.2, -0.15) is 0 Å². The van der Waals surface area contributed by atoms with Gasteiger partial charge in [0, 0.05) is 0 Å². The fourth-order valence-corrected chi connectivity index (χ4v) is 1.88. The number of hydrogen-bond acceptors (Lipinski definition) is 2. The Morgan fingerprint density at radius 1 is 1.69 bits per heavy atom. The number of furan rings is 1. The fourth-order valence-electron chi connectivity index (χ4n) is 1.28. The first-order chi connectivity index (χ1) is 6.00. The van der Waals surface area contributed by atoms with E-state index in [9.17, 15) is 5.11 Å².